The third-order valence-electron chi connectivity index (χ3n) is 5.88. The van der Waals surface area contributed by atoms with Crippen molar-refractivity contribution in [3.05, 3.63) is 105 Å². The van der Waals surface area contributed by atoms with Crippen molar-refractivity contribution in [2.24, 2.45) is 0 Å². The van der Waals surface area contributed by atoms with Crippen molar-refractivity contribution < 1.29 is 18.7 Å². The summed E-state index contributed by atoms with van der Waals surface area (Å²) in [4.78, 5) is 14.5. The van der Waals surface area contributed by atoms with Crippen LogP contribution in [-0.2, 0) is 19.4 Å². The number of nitrogens with one attached hydrogen (secondary N) is 2. The van der Waals surface area contributed by atoms with Crippen LogP contribution in [0.5, 0.6) is 0 Å². The van der Waals surface area contributed by atoms with Crippen LogP contribution in [0.2, 0.25) is 0 Å². The molecule has 1 amide bonds. The molecule has 0 fully saturated rings. The molecule has 2 atom stereocenters. The van der Waals surface area contributed by atoms with Crippen molar-refractivity contribution in [3.63, 3.8) is 0 Å². The van der Waals surface area contributed by atoms with Crippen molar-refractivity contribution in [2.75, 3.05) is 6.54 Å². The van der Waals surface area contributed by atoms with Crippen LogP contribution in [0.1, 0.15) is 33.3 Å². The van der Waals surface area contributed by atoms with Gasteiger partial charge in [-0.3, -0.25) is 4.79 Å². The highest BCUT2D eigenvalue weighted by molar-refractivity contribution is 7.17. The second-order valence-corrected chi connectivity index (χ2v) is 10.5. The predicted octanol–water partition coefficient (Wildman–Crippen LogP) is 5.81. The molecule has 2 aromatic heterocycles. The minimum Gasteiger partial charge on any atom is -0.390 e. The van der Waals surface area contributed by atoms with Crippen LogP contribution >= 0.6 is 22.7 Å². The Kier molecular flexibility index (Phi) is 8.98. The van der Waals surface area contributed by atoms with Crippen LogP contribution in [0.3, 0.4) is 0 Å². The highest BCUT2D eigenvalue weighted by atomic mass is 32.1. The van der Waals surface area contributed by atoms with Gasteiger partial charge >= 0.3 is 0 Å². The number of thiophene rings is 2. The van der Waals surface area contributed by atoms with Gasteiger partial charge in [0.05, 0.1) is 17.0 Å². The lowest BCUT2D eigenvalue weighted by molar-refractivity contribution is 0.0833. The summed E-state index contributed by atoms with van der Waals surface area (Å²) < 4.78 is 27.6. The highest BCUT2D eigenvalue weighted by Gasteiger charge is 2.24. The summed E-state index contributed by atoms with van der Waals surface area (Å²) in [5.41, 5.74) is 3.73. The number of carbonyl (C=O) groups is 1. The number of amides is 1. The second kappa shape index (κ2) is 12.4. The van der Waals surface area contributed by atoms with Crippen LogP contribution in [0, 0.1) is 11.6 Å². The molecule has 4 aromatic rings. The van der Waals surface area contributed by atoms with E-state index in [1.165, 1.54) is 29.0 Å². The van der Waals surface area contributed by atoms with Crippen LogP contribution in [-0.4, -0.2) is 29.7 Å². The molecule has 2 aromatic carbocycles. The van der Waals surface area contributed by atoms with Gasteiger partial charge in [0, 0.05) is 29.6 Å². The van der Waals surface area contributed by atoms with Crippen molar-refractivity contribution in [2.45, 2.75) is 38.5 Å². The van der Waals surface area contributed by atoms with Gasteiger partial charge in [0.2, 0.25) is 0 Å². The van der Waals surface area contributed by atoms with Gasteiger partial charge in [0.15, 0.2) is 0 Å². The molecule has 0 aliphatic heterocycles. The molecular formula is C28H28F2N2O2S2. The monoisotopic (exact) mass is 526 g/mol. The number of benzene rings is 2. The van der Waals surface area contributed by atoms with Gasteiger partial charge in [0.25, 0.3) is 5.91 Å². The lowest BCUT2D eigenvalue weighted by Crippen LogP contribution is -2.48. The largest absolute Gasteiger partial charge is 0.390 e. The molecule has 0 spiro atoms. The Morgan fingerprint density at radius 2 is 1.78 bits per heavy atom. The molecular weight excluding hydrogens is 498 g/mol. The summed E-state index contributed by atoms with van der Waals surface area (Å²) in [6.45, 7) is 2.84. The van der Waals surface area contributed by atoms with Crippen molar-refractivity contribution in [3.8, 4) is 10.4 Å². The predicted molar refractivity (Wildman–Crippen MR) is 142 cm³/mol. The third-order valence-corrected chi connectivity index (χ3v) is 7.69. The van der Waals surface area contributed by atoms with E-state index < -0.39 is 23.8 Å². The fraction of sp³-hybridized carbons (Fsp3) is 0.250. The summed E-state index contributed by atoms with van der Waals surface area (Å²) in [6.07, 6.45) is 0.0362. The lowest BCUT2D eigenvalue weighted by atomic mass is 10.0. The quantitative estimate of drug-likeness (QED) is 0.231. The Hall–Kier alpha value is -2.91. The van der Waals surface area contributed by atoms with Crippen molar-refractivity contribution in [1.82, 2.24) is 10.6 Å². The molecule has 0 aliphatic rings. The number of carbonyl (C=O) groups excluding carboxylic acids is 1. The van der Waals surface area contributed by atoms with Gasteiger partial charge in [-0.05, 0) is 70.6 Å². The Morgan fingerprint density at radius 3 is 2.50 bits per heavy atom. The number of aryl methyl sites for hydroxylation is 1. The van der Waals surface area contributed by atoms with Crippen LogP contribution in [0.15, 0.2) is 71.4 Å². The third kappa shape index (κ3) is 7.07. The van der Waals surface area contributed by atoms with Gasteiger partial charge < -0.3 is 15.7 Å². The van der Waals surface area contributed by atoms with E-state index in [0.717, 1.165) is 28.5 Å². The van der Waals surface area contributed by atoms with Gasteiger partial charge in [-0.25, -0.2) is 8.78 Å². The first-order chi connectivity index (χ1) is 17.4. The fourth-order valence-electron chi connectivity index (χ4n) is 3.99. The maximum atomic E-state index is 13.8. The molecule has 0 unspecified atom stereocenters. The molecule has 2 heterocycles. The Morgan fingerprint density at radius 1 is 1.00 bits per heavy atom. The Balaban J connectivity index is 1.45. The van der Waals surface area contributed by atoms with E-state index in [9.17, 15) is 18.7 Å². The highest BCUT2D eigenvalue weighted by Crippen LogP contribution is 2.29. The zero-order valence-electron chi connectivity index (χ0n) is 19.8. The number of rotatable bonds is 11. The summed E-state index contributed by atoms with van der Waals surface area (Å²) >= 11 is 2.94. The molecule has 36 heavy (non-hydrogen) atoms. The van der Waals surface area contributed by atoms with Crippen molar-refractivity contribution >= 4 is 28.6 Å². The number of hydrogen-bond acceptors (Lipinski definition) is 5. The first-order valence-electron chi connectivity index (χ1n) is 11.8. The number of aliphatic hydroxyl groups excluding tert-OH is 1. The van der Waals surface area contributed by atoms with E-state index in [0.29, 0.717) is 17.0 Å². The zero-order chi connectivity index (χ0) is 25.5. The maximum Gasteiger partial charge on any atom is 0.261 e. The van der Waals surface area contributed by atoms with E-state index in [-0.39, 0.29) is 18.9 Å². The summed E-state index contributed by atoms with van der Waals surface area (Å²) in [6, 6.07) is 16.3. The normalized spacial score (nSPS) is 12.9. The lowest BCUT2D eigenvalue weighted by Gasteiger charge is -2.25. The molecule has 8 heteroatoms. The minimum absolute atomic E-state index is 0.0807. The van der Waals surface area contributed by atoms with Crippen LogP contribution in [0.25, 0.3) is 10.4 Å². The molecule has 0 aliphatic carbocycles. The first-order valence-corrected chi connectivity index (χ1v) is 13.5. The van der Waals surface area contributed by atoms with Gasteiger partial charge in [-0.2, -0.15) is 11.3 Å². The van der Waals surface area contributed by atoms with Gasteiger partial charge in [-0.1, -0.05) is 31.2 Å². The van der Waals surface area contributed by atoms with Gasteiger partial charge in [-0.15, -0.1) is 11.3 Å². The molecule has 0 radical (unpaired) electrons. The van der Waals surface area contributed by atoms with E-state index in [4.69, 9.17) is 0 Å². The molecule has 0 saturated carbocycles. The molecule has 4 nitrogen and oxygen atoms in total. The zero-order valence-corrected chi connectivity index (χ0v) is 21.5. The fourth-order valence-corrected chi connectivity index (χ4v) is 5.63. The van der Waals surface area contributed by atoms with E-state index >= 15 is 0 Å². The Labute approximate surface area is 217 Å². The second-order valence-electron chi connectivity index (χ2n) is 8.61. The first kappa shape index (κ1) is 26.2. The van der Waals surface area contributed by atoms with Gasteiger partial charge in [0.1, 0.15) is 11.6 Å². The SMILES string of the molecule is CCc1cccc(CNC[C@@H](O)[C@H](Cc2cc(F)cc(F)c2)NC(=O)c2ccc(-c3ccsc3)s2)c1. The summed E-state index contributed by atoms with van der Waals surface area (Å²) in [5, 5.41) is 21.1. The average molecular weight is 527 g/mol. The molecule has 4 rings (SSSR count). The number of aliphatic hydroxyl groups is 1. The topological polar surface area (TPSA) is 61.4 Å². The molecule has 0 saturated heterocycles. The average Bonchev–Trinajstić information content (AvgIpc) is 3.55. The Bertz CT molecular complexity index is 1270. The molecule has 3 N–H and O–H groups in total. The molecule has 0 bridgehead atoms. The van der Waals surface area contributed by atoms with E-state index in [1.807, 2.05) is 35.0 Å². The minimum atomic E-state index is -0.981. The smallest absolute Gasteiger partial charge is 0.261 e. The van der Waals surface area contributed by atoms with Crippen LogP contribution in [0.4, 0.5) is 8.78 Å². The maximum absolute atomic E-state index is 13.8. The van der Waals surface area contributed by atoms with Crippen LogP contribution < -0.4 is 10.6 Å². The van der Waals surface area contributed by atoms with Crippen molar-refractivity contribution in [1.29, 1.82) is 0 Å². The summed E-state index contributed by atoms with van der Waals surface area (Å²) in [5.74, 6) is -1.73. The number of halogens is 2. The summed E-state index contributed by atoms with van der Waals surface area (Å²) in [7, 11) is 0. The number of hydrogen-bond donors (Lipinski definition) is 3. The molecule has 188 valence electrons. The van der Waals surface area contributed by atoms with E-state index in [1.54, 1.807) is 17.4 Å². The standard InChI is InChI=1S/C28H28F2N2O2S2/c1-2-18-4-3-5-19(10-18)15-31-16-25(33)24(13-20-11-22(29)14-23(30)12-20)32-28(34)27-7-6-26(36-27)21-8-9-35-17-21/h3-12,14,17,24-25,31,33H,2,13,15-16H2,1H3,(H,32,34)/t24-,25+/m0/s1. The van der Waals surface area contributed by atoms with E-state index in [2.05, 4.69) is 29.7 Å².